The van der Waals surface area contributed by atoms with Crippen LogP contribution in [0.2, 0.25) is 0 Å². The van der Waals surface area contributed by atoms with Crippen molar-refractivity contribution in [1.29, 1.82) is 0 Å². The number of likely N-dealkylation sites (tertiary alicyclic amines) is 1. The second kappa shape index (κ2) is 6.35. The number of carboxylic acid groups (broad SMARTS) is 1. The van der Waals surface area contributed by atoms with E-state index in [0.717, 1.165) is 16.3 Å². The lowest BCUT2D eigenvalue weighted by Crippen LogP contribution is -2.43. The first-order chi connectivity index (χ1) is 9.86. The molecular weight excluding hydrogens is 296 g/mol. The number of amides is 2. The molecule has 0 saturated carbocycles. The molecule has 1 saturated heterocycles. The largest absolute Gasteiger partial charge is 0.480 e. The van der Waals surface area contributed by atoms with Crippen LogP contribution in [0.25, 0.3) is 0 Å². The Bertz CT molecular complexity index is 533. The third-order valence-electron chi connectivity index (χ3n) is 3.09. The zero-order valence-electron chi connectivity index (χ0n) is 11.8. The fourth-order valence-corrected chi connectivity index (χ4v) is 3.11. The van der Waals surface area contributed by atoms with Gasteiger partial charge in [-0.1, -0.05) is 25.2 Å². The van der Waals surface area contributed by atoms with Crippen LogP contribution in [0.15, 0.2) is 0 Å². The van der Waals surface area contributed by atoms with Gasteiger partial charge >= 0.3 is 12.0 Å². The molecule has 2 rings (SSSR count). The number of aliphatic hydroxyl groups is 1. The first-order valence-electron chi connectivity index (χ1n) is 6.67. The van der Waals surface area contributed by atoms with E-state index in [-0.39, 0.29) is 13.0 Å². The van der Waals surface area contributed by atoms with Crippen molar-refractivity contribution in [3.05, 3.63) is 5.01 Å². The minimum absolute atomic E-state index is 0.000451. The Morgan fingerprint density at radius 2 is 2.19 bits per heavy atom. The number of anilines is 1. The number of urea groups is 1. The topological polar surface area (TPSA) is 116 Å². The van der Waals surface area contributed by atoms with Gasteiger partial charge in [-0.3, -0.25) is 5.32 Å². The molecule has 0 aromatic carbocycles. The number of carbonyl (C=O) groups excluding carboxylic acids is 1. The first kappa shape index (κ1) is 15.6. The molecule has 21 heavy (non-hydrogen) atoms. The van der Waals surface area contributed by atoms with Crippen LogP contribution in [-0.2, 0) is 11.2 Å². The first-order valence-corrected chi connectivity index (χ1v) is 7.49. The lowest BCUT2D eigenvalue weighted by atomic mass is 10.1. The van der Waals surface area contributed by atoms with Crippen molar-refractivity contribution in [3.8, 4) is 0 Å². The molecule has 3 N–H and O–H groups in total. The number of rotatable bonds is 4. The quantitative estimate of drug-likeness (QED) is 0.756. The lowest BCUT2D eigenvalue weighted by molar-refractivity contribution is -0.141. The van der Waals surface area contributed by atoms with Gasteiger partial charge < -0.3 is 15.1 Å². The molecular formula is C12H18N4O4S. The van der Waals surface area contributed by atoms with Gasteiger partial charge in [-0.15, -0.1) is 10.2 Å². The Kier molecular flexibility index (Phi) is 4.73. The van der Waals surface area contributed by atoms with E-state index < -0.39 is 24.1 Å². The van der Waals surface area contributed by atoms with Gasteiger partial charge in [0, 0.05) is 19.4 Å². The van der Waals surface area contributed by atoms with Crippen LogP contribution in [0, 0.1) is 5.92 Å². The summed E-state index contributed by atoms with van der Waals surface area (Å²) >= 11 is 1.27. The summed E-state index contributed by atoms with van der Waals surface area (Å²) < 4.78 is 0. The van der Waals surface area contributed by atoms with Gasteiger partial charge in [0.25, 0.3) is 0 Å². The maximum atomic E-state index is 12.1. The van der Waals surface area contributed by atoms with Gasteiger partial charge in [-0.05, 0) is 5.92 Å². The summed E-state index contributed by atoms with van der Waals surface area (Å²) in [6.45, 7) is 4.12. The van der Waals surface area contributed by atoms with Crippen molar-refractivity contribution in [3.63, 3.8) is 0 Å². The van der Waals surface area contributed by atoms with Gasteiger partial charge in [-0.2, -0.15) is 0 Å². The minimum Gasteiger partial charge on any atom is -0.480 e. The number of β-amino-alcohol motifs (C(OH)–C–C–N with tert-alkyl or cyclic N) is 1. The van der Waals surface area contributed by atoms with E-state index in [2.05, 4.69) is 29.4 Å². The Labute approximate surface area is 125 Å². The van der Waals surface area contributed by atoms with Crippen molar-refractivity contribution >= 4 is 28.5 Å². The predicted octanol–water partition coefficient (Wildman–Crippen LogP) is 0.788. The highest BCUT2D eigenvalue weighted by Gasteiger charge is 2.39. The SMILES string of the molecule is CC(C)Cc1nnc(NC(=O)N2C[C@H](O)C[C@@H]2C(=O)O)s1. The van der Waals surface area contributed by atoms with E-state index in [0.29, 0.717) is 11.0 Å². The number of nitrogens with one attached hydrogen (secondary N) is 1. The summed E-state index contributed by atoms with van der Waals surface area (Å²) in [6, 6.07) is -1.59. The maximum Gasteiger partial charge on any atom is 0.326 e. The van der Waals surface area contributed by atoms with Crippen LogP contribution in [0.3, 0.4) is 0 Å². The molecule has 116 valence electrons. The fraction of sp³-hybridized carbons (Fsp3) is 0.667. The highest BCUT2D eigenvalue weighted by Crippen LogP contribution is 2.22. The second-order valence-electron chi connectivity index (χ2n) is 5.42. The third-order valence-corrected chi connectivity index (χ3v) is 3.95. The highest BCUT2D eigenvalue weighted by atomic mass is 32.1. The van der Waals surface area contributed by atoms with Crippen LogP contribution in [0.5, 0.6) is 0 Å². The van der Waals surface area contributed by atoms with Crippen LogP contribution in [0.4, 0.5) is 9.93 Å². The molecule has 8 nitrogen and oxygen atoms in total. The Balaban J connectivity index is 2.00. The Hall–Kier alpha value is -1.74. The van der Waals surface area contributed by atoms with Crippen LogP contribution in [0.1, 0.15) is 25.3 Å². The molecule has 0 radical (unpaired) electrons. The van der Waals surface area contributed by atoms with Gasteiger partial charge in [0.2, 0.25) is 5.13 Å². The Morgan fingerprint density at radius 1 is 1.48 bits per heavy atom. The maximum absolute atomic E-state index is 12.1. The predicted molar refractivity (Wildman–Crippen MR) is 76.2 cm³/mol. The van der Waals surface area contributed by atoms with Crippen LogP contribution < -0.4 is 5.32 Å². The molecule has 1 aliphatic rings. The van der Waals surface area contributed by atoms with E-state index in [1.807, 2.05) is 0 Å². The summed E-state index contributed by atoms with van der Waals surface area (Å²) in [4.78, 5) is 24.3. The van der Waals surface area contributed by atoms with Gasteiger partial charge in [-0.25, -0.2) is 9.59 Å². The Morgan fingerprint density at radius 3 is 2.81 bits per heavy atom. The molecule has 0 aliphatic carbocycles. The number of aliphatic carboxylic acids is 1. The summed E-state index contributed by atoms with van der Waals surface area (Å²) in [5.41, 5.74) is 0. The zero-order chi connectivity index (χ0) is 15.6. The van der Waals surface area contributed by atoms with Gasteiger partial charge in [0.1, 0.15) is 11.0 Å². The van der Waals surface area contributed by atoms with E-state index in [4.69, 9.17) is 5.11 Å². The van der Waals surface area contributed by atoms with Crippen molar-refractivity contribution in [2.24, 2.45) is 5.92 Å². The van der Waals surface area contributed by atoms with Gasteiger partial charge in [0.05, 0.1) is 6.10 Å². The molecule has 1 aliphatic heterocycles. The van der Waals surface area contributed by atoms with Crippen molar-refractivity contribution < 1.29 is 19.8 Å². The fourth-order valence-electron chi connectivity index (χ4n) is 2.17. The number of hydrogen-bond donors (Lipinski definition) is 3. The lowest BCUT2D eigenvalue weighted by Gasteiger charge is -2.20. The molecule has 1 fully saturated rings. The highest BCUT2D eigenvalue weighted by molar-refractivity contribution is 7.15. The zero-order valence-corrected chi connectivity index (χ0v) is 12.6. The second-order valence-corrected chi connectivity index (χ2v) is 6.49. The molecule has 2 heterocycles. The number of aromatic nitrogens is 2. The number of aliphatic hydroxyl groups excluding tert-OH is 1. The molecule has 9 heteroatoms. The molecule has 1 aromatic rings. The van der Waals surface area contributed by atoms with E-state index in [1.54, 1.807) is 0 Å². The van der Waals surface area contributed by atoms with Gasteiger partial charge in [0.15, 0.2) is 0 Å². The normalized spacial score (nSPS) is 21.8. The summed E-state index contributed by atoms with van der Waals surface area (Å²) in [6.07, 6.45) is -0.00618. The minimum atomic E-state index is -1.13. The molecule has 0 spiro atoms. The monoisotopic (exact) mass is 314 g/mol. The summed E-state index contributed by atoms with van der Waals surface area (Å²) in [5.74, 6) is -0.689. The third kappa shape index (κ3) is 3.88. The van der Waals surface area contributed by atoms with Crippen molar-refractivity contribution in [1.82, 2.24) is 15.1 Å². The van der Waals surface area contributed by atoms with E-state index >= 15 is 0 Å². The van der Waals surface area contributed by atoms with Crippen LogP contribution in [-0.4, -0.2) is 56.0 Å². The standard InChI is InChI=1S/C12H18N4O4S/c1-6(2)3-9-14-15-11(21-9)13-12(20)16-5-7(17)4-8(16)10(18)19/h6-8,17H,3-5H2,1-2H3,(H,18,19)(H,13,15,20)/t7-,8-/m1/s1. The van der Waals surface area contributed by atoms with Crippen LogP contribution >= 0.6 is 11.3 Å². The average Bonchev–Trinajstić information content (AvgIpc) is 2.95. The summed E-state index contributed by atoms with van der Waals surface area (Å²) in [7, 11) is 0. The number of nitrogens with zero attached hydrogens (tertiary/aromatic N) is 3. The molecule has 2 atom stereocenters. The molecule has 0 unspecified atom stereocenters. The number of carboxylic acids is 1. The number of hydrogen-bond acceptors (Lipinski definition) is 6. The molecule has 0 bridgehead atoms. The number of carbonyl (C=O) groups is 2. The van der Waals surface area contributed by atoms with E-state index in [1.165, 1.54) is 11.3 Å². The molecule has 2 amide bonds. The van der Waals surface area contributed by atoms with E-state index in [9.17, 15) is 14.7 Å². The molecule has 1 aromatic heterocycles. The van der Waals surface area contributed by atoms with Crippen molar-refractivity contribution in [2.75, 3.05) is 11.9 Å². The van der Waals surface area contributed by atoms with Crippen molar-refractivity contribution in [2.45, 2.75) is 38.8 Å². The smallest absolute Gasteiger partial charge is 0.326 e. The average molecular weight is 314 g/mol. The summed E-state index contributed by atoms with van der Waals surface area (Å²) in [5, 5.41) is 30.1.